The third-order valence-electron chi connectivity index (χ3n) is 3.23. The molecule has 2 nitrogen and oxygen atoms in total. The highest BCUT2D eigenvalue weighted by atomic mass is 14.9. The van der Waals surface area contributed by atoms with Gasteiger partial charge in [0.25, 0.3) is 0 Å². The van der Waals surface area contributed by atoms with Gasteiger partial charge < -0.3 is 11.1 Å². The molecule has 1 saturated carbocycles. The number of hydrogen-bond acceptors (Lipinski definition) is 2. The zero-order chi connectivity index (χ0) is 10.0. The first-order valence-electron chi connectivity index (χ1n) is 5.28. The second-order valence-corrected chi connectivity index (χ2v) is 4.61. The van der Waals surface area contributed by atoms with Crippen molar-refractivity contribution >= 4 is 11.4 Å². The lowest BCUT2D eigenvalue weighted by Gasteiger charge is -2.38. The molecule has 0 aliphatic heterocycles. The van der Waals surface area contributed by atoms with E-state index in [1.165, 1.54) is 19.3 Å². The maximum atomic E-state index is 5.85. The van der Waals surface area contributed by atoms with Crippen LogP contribution in [0, 0.1) is 5.41 Å². The van der Waals surface area contributed by atoms with E-state index in [0.29, 0.717) is 5.41 Å². The van der Waals surface area contributed by atoms with Crippen LogP contribution >= 0.6 is 0 Å². The summed E-state index contributed by atoms with van der Waals surface area (Å²) in [6, 6.07) is 7.95. The molecule has 1 aromatic rings. The lowest BCUT2D eigenvalue weighted by molar-refractivity contribution is 0.180. The number of nitrogens with one attached hydrogen (secondary N) is 1. The van der Waals surface area contributed by atoms with Crippen molar-refractivity contribution in [3.05, 3.63) is 24.3 Å². The summed E-state index contributed by atoms with van der Waals surface area (Å²) in [5.74, 6) is 0. The molecule has 0 spiro atoms. The fourth-order valence-corrected chi connectivity index (χ4v) is 1.92. The van der Waals surface area contributed by atoms with E-state index in [-0.39, 0.29) is 0 Å². The number of anilines is 2. The molecule has 2 rings (SSSR count). The molecule has 0 radical (unpaired) electrons. The Balaban J connectivity index is 1.95. The monoisotopic (exact) mass is 190 g/mol. The lowest BCUT2D eigenvalue weighted by Crippen LogP contribution is -2.33. The minimum atomic E-state index is 0.502. The van der Waals surface area contributed by atoms with E-state index in [9.17, 15) is 0 Å². The van der Waals surface area contributed by atoms with Crippen molar-refractivity contribution in [2.75, 3.05) is 17.6 Å². The number of hydrogen-bond donors (Lipinski definition) is 2. The lowest BCUT2D eigenvalue weighted by atomic mass is 9.70. The third-order valence-corrected chi connectivity index (χ3v) is 3.23. The maximum absolute atomic E-state index is 5.85. The van der Waals surface area contributed by atoms with E-state index in [4.69, 9.17) is 5.73 Å². The molecule has 1 aromatic carbocycles. The Hall–Kier alpha value is -1.18. The van der Waals surface area contributed by atoms with E-state index in [1.54, 1.807) is 0 Å². The highest BCUT2D eigenvalue weighted by molar-refractivity contribution is 5.65. The molecule has 3 N–H and O–H groups in total. The molecule has 76 valence electrons. The van der Waals surface area contributed by atoms with Crippen molar-refractivity contribution in [3.63, 3.8) is 0 Å². The van der Waals surface area contributed by atoms with Crippen molar-refractivity contribution in [2.24, 2.45) is 5.41 Å². The van der Waals surface area contributed by atoms with Gasteiger partial charge in [0.2, 0.25) is 0 Å². The Labute approximate surface area is 85.5 Å². The normalized spacial score (nSPS) is 18.6. The topological polar surface area (TPSA) is 38.0 Å². The summed E-state index contributed by atoms with van der Waals surface area (Å²) in [6.07, 6.45) is 4.06. The summed E-state index contributed by atoms with van der Waals surface area (Å²) in [5, 5.41) is 3.43. The SMILES string of the molecule is CC1(CNc2ccccc2N)CCC1. The van der Waals surface area contributed by atoms with Gasteiger partial charge in [-0.2, -0.15) is 0 Å². The van der Waals surface area contributed by atoms with Gasteiger partial charge >= 0.3 is 0 Å². The zero-order valence-electron chi connectivity index (χ0n) is 8.72. The van der Waals surface area contributed by atoms with E-state index < -0.39 is 0 Å². The van der Waals surface area contributed by atoms with Gasteiger partial charge in [0.05, 0.1) is 11.4 Å². The molecular weight excluding hydrogens is 172 g/mol. The first-order valence-corrected chi connectivity index (χ1v) is 5.28. The van der Waals surface area contributed by atoms with Crippen LogP contribution in [0.1, 0.15) is 26.2 Å². The van der Waals surface area contributed by atoms with Crippen LogP contribution in [-0.2, 0) is 0 Å². The van der Waals surface area contributed by atoms with Gasteiger partial charge in [0, 0.05) is 6.54 Å². The molecule has 1 fully saturated rings. The number of nitrogen functional groups attached to an aromatic ring is 1. The standard InChI is InChI=1S/C12H18N2/c1-12(7-4-8-12)9-14-11-6-3-2-5-10(11)13/h2-3,5-6,14H,4,7-9,13H2,1H3. The molecule has 0 unspecified atom stereocenters. The van der Waals surface area contributed by atoms with Gasteiger partial charge in [-0.1, -0.05) is 25.5 Å². The summed E-state index contributed by atoms with van der Waals surface area (Å²) in [6.45, 7) is 3.38. The maximum Gasteiger partial charge on any atom is 0.0574 e. The molecular formula is C12H18N2. The van der Waals surface area contributed by atoms with Crippen LogP contribution in [0.15, 0.2) is 24.3 Å². The van der Waals surface area contributed by atoms with Crippen LogP contribution in [0.25, 0.3) is 0 Å². The van der Waals surface area contributed by atoms with Crippen LogP contribution in [0.5, 0.6) is 0 Å². The predicted molar refractivity (Wildman–Crippen MR) is 61.3 cm³/mol. The summed E-state index contributed by atoms with van der Waals surface area (Å²) in [5.41, 5.74) is 8.26. The molecule has 14 heavy (non-hydrogen) atoms. The minimum Gasteiger partial charge on any atom is -0.397 e. The van der Waals surface area contributed by atoms with E-state index in [0.717, 1.165) is 17.9 Å². The van der Waals surface area contributed by atoms with E-state index in [1.807, 2.05) is 24.3 Å². The Kier molecular flexibility index (Phi) is 2.36. The molecule has 0 saturated heterocycles. The second kappa shape index (κ2) is 3.52. The smallest absolute Gasteiger partial charge is 0.0574 e. The van der Waals surface area contributed by atoms with Crippen molar-refractivity contribution in [2.45, 2.75) is 26.2 Å². The van der Waals surface area contributed by atoms with Crippen molar-refractivity contribution in [1.29, 1.82) is 0 Å². The number of nitrogens with two attached hydrogens (primary N) is 1. The minimum absolute atomic E-state index is 0.502. The Morgan fingerprint density at radius 1 is 1.36 bits per heavy atom. The van der Waals surface area contributed by atoms with Gasteiger partial charge in [0.1, 0.15) is 0 Å². The fourth-order valence-electron chi connectivity index (χ4n) is 1.92. The average molecular weight is 190 g/mol. The molecule has 0 atom stereocenters. The zero-order valence-corrected chi connectivity index (χ0v) is 8.72. The number of rotatable bonds is 3. The van der Waals surface area contributed by atoms with Gasteiger partial charge in [-0.3, -0.25) is 0 Å². The average Bonchev–Trinajstić information content (AvgIpc) is 2.14. The summed E-state index contributed by atoms with van der Waals surface area (Å²) < 4.78 is 0. The van der Waals surface area contributed by atoms with Crippen LogP contribution in [0.2, 0.25) is 0 Å². The summed E-state index contributed by atoms with van der Waals surface area (Å²) >= 11 is 0. The predicted octanol–water partition coefficient (Wildman–Crippen LogP) is 2.87. The Morgan fingerprint density at radius 3 is 2.64 bits per heavy atom. The van der Waals surface area contributed by atoms with Crippen LogP contribution in [0.3, 0.4) is 0 Å². The summed E-state index contributed by atoms with van der Waals surface area (Å²) in [4.78, 5) is 0. The number of para-hydroxylation sites is 2. The molecule has 0 bridgehead atoms. The van der Waals surface area contributed by atoms with Crippen LogP contribution in [-0.4, -0.2) is 6.54 Å². The van der Waals surface area contributed by atoms with Gasteiger partial charge in [-0.05, 0) is 30.4 Å². The van der Waals surface area contributed by atoms with E-state index >= 15 is 0 Å². The molecule has 1 aliphatic carbocycles. The van der Waals surface area contributed by atoms with Crippen molar-refractivity contribution in [1.82, 2.24) is 0 Å². The van der Waals surface area contributed by atoms with E-state index in [2.05, 4.69) is 12.2 Å². The largest absolute Gasteiger partial charge is 0.397 e. The van der Waals surface area contributed by atoms with Crippen LogP contribution in [0.4, 0.5) is 11.4 Å². The highest BCUT2D eigenvalue weighted by Gasteiger charge is 2.31. The molecule has 0 aromatic heterocycles. The molecule has 1 aliphatic rings. The summed E-state index contributed by atoms with van der Waals surface area (Å²) in [7, 11) is 0. The Morgan fingerprint density at radius 2 is 2.07 bits per heavy atom. The Bertz CT molecular complexity index is 316. The quantitative estimate of drug-likeness (QED) is 0.719. The van der Waals surface area contributed by atoms with Crippen LogP contribution < -0.4 is 11.1 Å². The van der Waals surface area contributed by atoms with Crippen molar-refractivity contribution in [3.8, 4) is 0 Å². The molecule has 2 heteroatoms. The third kappa shape index (κ3) is 1.84. The highest BCUT2D eigenvalue weighted by Crippen LogP contribution is 2.40. The van der Waals surface area contributed by atoms with Gasteiger partial charge in [-0.25, -0.2) is 0 Å². The first kappa shape index (κ1) is 9.38. The van der Waals surface area contributed by atoms with Crippen molar-refractivity contribution < 1.29 is 0 Å². The molecule has 0 heterocycles. The number of benzene rings is 1. The fraction of sp³-hybridized carbons (Fsp3) is 0.500. The first-order chi connectivity index (χ1) is 6.70. The second-order valence-electron chi connectivity index (χ2n) is 4.61. The van der Waals surface area contributed by atoms with Gasteiger partial charge in [-0.15, -0.1) is 0 Å². The molecule has 0 amide bonds. The van der Waals surface area contributed by atoms with Gasteiger partial charge in [0.15, 0.2) is 0 Å².